The Balaban J connectivity index is 2.21. The summed E-state index contributed by atoms with van der Waals surface area (Å²) in [6, 6.07) is 5.23. The fourth-order valence-electron chi connectivity index (χ4n) is 2.68. The Hall–Kier alpha value is -1.11. The Morgan fingerprint density at radius 3 is 2.48 bits per heavy atom. The third kappa shape index (κ3) is 3.56. The van der Waals surface area contributed by atoms with Crippen molar-refractivity contribution < 1.29 is 17.9 Å². The van der Waals surface area contributed by atoms with Crippen LogP contribution < -0.4 is 4.74 Å². The van der Waals surface area contributed by atoms with Gasteiger partial charge in [0.15, 0.2) is 0 Å². The lowest BCUT2D eigenvalue weighted by Gasteiger charge is -2.31. The summed E-state index contributed by atoms with van der Waals surface area (Å²) in [5, 5.41) is 0. The second kappa shape index (κ2) is 6.77. The number of benzene rings is 1. The van der Waals surface area contributed by atoms with Crippen LogP contribution in [0.25, 0.3) is 0 Å². The van der Waals surface area contributed by atoms with Gasteiger partial charge in [0.1, 0.15) is 10.6 Å². The highest BCUT2D eigenvalue weighted by atomic mass is 32.2. The van der Waals surface area contributed by atoms with Crippen molar-refractivity contribution >= 4 is 10.0 Å². The van der Waals surface area contributed by atoms with Crippen LogP contribution in [0.5, 0.6) is 5.75 Å². The highest BCUT2D eigenvalue weighted by Crippen LogP contribution is 2.30. The molecular formula is C15H23NO4S. The molecule has 0 atom stereocenters. The van der Waals surface area contributed by atoms with Gasteiger partial charge in [0.05, 0.1) is 7.11 Å². The zero-order chi connectivity index (χ0) is 15.5. The van der Waals surface area contributed by atoms with Gasteiger partial charge < -0.3 is 9.47 Å². The summed E-state index contributed by atoms with van der Waals surface area (Å²) in [5.41, 5.74) is 0.906. The van der Waals surface area contributed by atoms with Crippen LogP contribution in [0, 0.1) is 12.8 Å². The van der Waals surface area contributed by atoms with E-state index in [1.807, 2.05) is 13.0 Å². The van der Waals surface area contributed by atoms with E-state index in [0.29, 0.717) is 31.4 Å². The Morgan fingerprint density at radius 2 is 1.90 bits per heavy atom. The molecule has 2 rings (SSSR count). The third-order valence-corrected chi connectivity index (χ3v) is 5.83. The molecule has 0 saturated carbocycles. The molecule has 0 aromatic heterocycles. The highest BCUT2D eigenvalue weighted by molar-refractivity contribution is 7.89. The number of ether oxygens (including phenoxy) is 2. The van der Waals surface area contributed by atoms with Gasteiger partial charge in [-0.05, 0) is 43.4 Å². The Kier molecular flexibility index (Phi) is 5.24. The fourth-order valence-corrected chi connectivity index (χ4v) is 4.39. The maximum atomic E-state index is 12.8. The van der Waals surface area contributed by atoms with Crippen LogP contribution in [-0.4, -0.2) is 46.6 Å². The Labute approximate surface area is 126 Å². The zero-order valence-corrected chi connectivity index (χ0v) is 13.6. The summed E-state index contributed by atoms with van der Waals surface area (Å²) in [5.74, 6) is 0.848. The normalized spacial score (nSPS) is 17.9. The number of sulfonamides is 1. The molecule has 0 bridgehead atoms. The molecule has 0 N–H and O–H groups in total. The highest BCUT2D eigenvalue weighted by Gasteiger charge is 2.31. The first-order valence-electron chi connectivity index (χ1n) is 7.12. The smallest absolute Gasteiger partial charge is 0.246 e. The lowest BCUT2D eigenvalue weighted by Crippen LogP contribution is -2.39. The average Bonchev–Trinajstić information content (AvgIpc) is 2.48. The van der Waals surface area contributed by atoms with Gasteiger partial charge in [-0.25, -0.2) is 8.42 Å². The summed E-state index contributed by atoms with van der Waals surface area (Å²) in [6.45, 7) is 3.64. The van der Waals surface area contributed by atoms with Gasteiger partial charge in [-0.1, -0.05) is 6.07 Å². The molecular weight excluding hydrogens is 290 g/mol. The second-order valence-electron chi connectivity index (χ2n) is 5.46. The van der Waals surface area contributed by atoms with Crippen molar-refractivity contribution in [3.63, 3.8) is 0 Å². The Bertz CT molecular complexity index is 577. The largest absolute Gasteiger partial charge is 0.495 e. The maximum Gasteiger partial charge on any atom is 0.246 e. The van der Waals surface area contributed by atoms with E-state index in [1.54, 1.807) is 23.5 Å². The summed E-state index contributed by atoms with van der Waals surface area (Å²) < 4.78 is 37.5. The molecule has 118 valence electrons. The van der Waals surface area contributed by atoms with E-state index in [4.69, 9.17) is 9.47 Å². The molecule has 1 saturated heterocycles. The molecule has 1 fully saturated rings. The molecule has 1 heterocycles. The van der Waals surface area contributed by atoms with Crippen LogP contribution in [0.2, 0.25) is 0 Å². The summed E-state index contributed by atoms with van der Waals surface area (Å²) in [4.78, 5) is 0.259. The summed E-state index contributed by atoms with van der Waals surface area (Å²) >= 11 is 0. The minimum atomic E-state index is -3.50. The van der Waals surface area contributed by atoms with E-state index in [0.717, 1.165) is 18.4 Å². The molecule has 0 radical (unpaired) electrons. The van der Waals surface area contributed by atoms with Gasteiger partial charge in [-0.15, -0.1) is 0 Å². The third-order valence-electron chi connectivity index (χ3n) is 3.91. The van der Waals surface area contributed by atoms with Crippen LogP contribution in [0.1, 0.15) is 18.4 Å². The van der Waals surface area contributed by atoms with Crippen molar-refractivity contribution in [1.29, 1.82) is 0 Å². The Morgan fingerprint density at radius 1 is 1.24 bits per heavy atom. The van der Waals surface area contributed by atoms with Crippen LogP contribution in [0.3, 0.4) is 0 Å². The van der Waals surface area contributed by atoms with Gasteiger partial charge >= 0.3 is 0 Å². The average molecular weight is 313 g/mol. The van der Waals surface area contributed by atoms with Crippen LogP contribution in [0.15, 0.2) is 23.1 Å². The molecule has 1 aliphatic rings. The van der Waals surface area contributed by atoms with Gasteiger partial charge in [0.25, 0.3) is 0 Å². The molecule has 1 aromatic carbocycles. The van der Waals surface area contributed by atoms with E-state index < -0.39 is 10.0 Å². The van der Waals surface area contributed by atoms with E-state index in [9.17, 15) is 8.42 Å². The topological polar surface area (TPSA) is 55.8 Å². The number of rotatable bonds is 5. The SMILES string of the molecule is COCC1CCN(S(=O)(=O)c2cc(C)ccc2OC)CC1. The first-order chi connectivity index (χ1) is 9.98. The van der Waals surface area contributed by atoms with Crippen molar-refractivity contribution in [2.75, 3.05) is 33.9 Å². The number of methoxy groups -OCH3 is 2. The number of hydrogen-bond donors (Lipinski definition) is 0. The standard InChI is InChI=1S/C15H23NO4S/c1-12-4-5-14(20-3)15(10-12)21(17,18)16-8-6-13(7-9-16)11-19-2/h4-5,10,13H,6-9,11H2,1-3H3. The molecule has 1 aliphatic heterocycles. The van der Waals surface area contributed by atoms with Crippen molar-refractivity contribution in [2.45, 2.75) is 24.7 Å². The molecule has 0 aliphatic carbocycles. The maximum absolute atomic E-state index is 12.8. The first-order valence-corrected chi connectivity index (χ1v) is 8.56. The number of hydrogen-bond acceptors (Lipinski definition) is 4. The summed E-state index contributed by atoms with van der Waals surface area (Å²) in [6.07, 6.45) is 1.67. The van der Waals surface area contributed by atoms with Crippen LogP contribution in [-0.2, 0) is 14.8 Å². The van der Waals surface area contributed by atoms with E-state index in [2.05, 4.69) is 0 Å². The minimum absolute atomic E-state index is 0.259. The number of aryl methyl sites for hydroxylation is 1. The van der Waals surface area contributed by atoms with Gasteiger partial charge in [0.2, 0.25) is 10.0 Å². The molecule has 1 aromatic rings. The lowest BCUT2D eigenvalue weighted by molar-refractivity contribution is 0.121. The molecule has 6 heteroatoms. The van der Waals surface area contributed by atoms with Gasteiger partial charge in [-0.3, -0.25) is 0 Å². The molecule has 5 nitrogen and oxygen atoms in total. The summed E-state index contributed by atoms with van der Waals surface area (Å²) in [7, 11) is -0.322. The van der Waals surface area contributed by atoms with Gasteiger partial charge in [-0.2, -0.15) is 4.31 Å². The van der Waals surface area contributed by atoms with E-state index >= 15 is 0 Å². The van der Waals surface area contributed by atoms with Crippen molar-refractivity contribution in [2.24, 2.45) is 5.92 Å². The molecule has 0 unspecified atom stereocenters. The van der Waals surface area contributed by atoms with Crippen LogP contribution >= 0.6 is 0 Å². The lowest BCUT2D eigenvalue weighted by atomic mass is 9.99. The van der Waals surface area contributed by atoms with Crippen molar-refractivity contribution in [1.82, 2.24) is 4.31 Å². The van der Waals surface area contributed by atoms with Crippen molar-refractivity contribution in [3.8, 4) is 5.75 Å². The predicted octanol–water partition coefficient (Wildman–Crippen LogP) is 2.05. The minimum Gasteiger partial charge on any atom is -0.495 e. The van der Waals surface area contributed by atoms with E-state index in [1.165, 1.54) is 7.11 Å². The zero-order valence-electron chi connectivity index (χ0n) is 12.8. The second-order valence-corrected chi connectivity index (χ2v) is 7.36. The molecule has 0 amide bonds. The number of piperidine rings is 1. The molecule has 21 heavy (non-hydrogen) atoms. The first kappa shape index (κ1) is 16.3. The van der Waals surface area contributed by atoms with Gasteiger partial charge in [0, 0.05) is 26.8 Å². The van der Waals surface area contributed by atoms with Crippen LogP contribution in [0.4, 0.5) is 0 Å². The molecule has 0 spiro atoms. The quantitative estimate of drug-likeness (QED) is 0.835. The van der Waals surface area contributed by atoms with E-state index in [-0.39, 0.29) is 4.90 Å². The number of nitrogens with zero attached hydrogens (tertiary/aromatic N) is 1. The predicted molar refractivity (Wildman–Crippen MR) is 81.1 cm³/mol. The van der Waals surface area contributed by atoms with Crippen molar-refractivity contribution in [3.05, 3.63) is 23.8 Å². The monoisotopic (exact) mass is 313 g/mol. The fraction of sp³-hybridized carbons (Fsp3) is 0.600.